The summed E-state index contributed by atoms with van der Waals surface area (Å²) in [5.41, 5.74) is 7.52. The minimum atomic E-state index is 0. The van der Waals surface area contributed by atoms with E-state index in [-0.39, 0.29) is 20.1 Å². The number of fused-ring (bicyclic) bond motifs is 5. The summed E-state index contributed by atoms with van der Waals surface area (Å²) in [5.74, 6) is 0. The molecule has 4 aromatic heterocycles. The van der Waals surface area contributed by atoms with Crippen molar-refractivity contribution in [3.8, 4) is 22.5 Å². The Kier molecular flexibility index (Phi) is 7.41. The third kappa shape index (κ3) is 4.86. The van der Waals surface area contributed by atoms with Crippen molar-refractivity contribution in [1.82, 2.24) is 15.0 Å². The number of rotatable bonds is 2. The van der Waals surface area contributed by atoms with Crippen LogP contribution in [0.15, 0.2) is 108 Å². The van der Waals surface area contributed by atoms with E-state index in [9.17, 15) is 0 Å². The number of hydrogen-bond acceptors (Lipinski definition) is 4. The molecule has 0 amide bonds. The predicted molar refractivity (Wildman–Crippen MR) is 149 cm³/mol. The van der Waals surface area contributed by atoms with Crippen LogP contribution >= 0.6 is 0 Å². The molecule has 0 spiro atoms. The molecule has 1 radical (unpaired) electrons. The zero-order valence-electron chi connectivity index (χ0n) is 20.9. The van der Waals surface area contributed by atoms with Crippen LogP contribution in [0, 0.1) is 26.0 Å². The molecule has 7 aromatic rings. The first-order valence-electron chi connectivity index (χ1n) is 12.1. The second-order valence-corrected chi connectivity index (χ2v) is 8.79. The summed E-state index contributed by atoms with van der Waals surface area (Å²) in [6, 6.07) is 36.3. The third-order valence-electron chi connectivity index (χ3n) is 6.30. The van der Waals surface area contributed by atoms with E-state index in [1.165, 1.54) is 0 Å². The predicted octanol–water partition coefficient (Wildman–Crippen LogP) is 8.16. The van der Waals surface area contributed by atoms with Crippen molar-refractivity contribution in [3.63, 3.8) is 0 Å². The van der Waals surface area contributed by atoms with Crippen molar-refractivity contribution in [3.05, 3.63) is 127 Å². The molecule has 4 heterocycles. The minimum absolute atomic E-state index is 0. The maximum absolute atomic E-state index is 6.36. The van der Waals surface area contributed by atoms with E-state index in [0.717, 1.165) is 66.6 Å². The van der Waals surface area contributed by atoms with Crippen LogP contribution in [0.25, 0.3) is 55.2 Å². The van der Waals surface area contributed by atoms with Gasteiger partial charge >= 0.3 is 0 Å². The standard InChI is InChI=1S/C22H15N2O.C11H8N.Ir/c1-13-12-19-15(14(2)24-13)9-10-17-16-6-5-7-18(21(16)25-22(17)19)20-8-3-4-11-23-20;1-2-6-10(7-3-1)11-8-4-5-9-12-11;/h3-6,8-12H,1-2H3;1-6,8-9H;/q2*-1;. The van der Waals surface area contributed by atoms with Crippen molar-refractivity contribution in [1.29, 1.82) is 0 Å². The molecule has 0 aliphatic heterocycles. The summed E-state index contributed by atoms with van der Waals surface area (Å²) in [4.78, 5) is 13.2. The number of pyridine rings is 3. The summed E-state index contributed by atoms with van der Waals surface area (Å²) >= 11 is 0. The van der Waals surface area contributed by atoms with Crippen LogP contribution in [-0.4, -0.2) is 15.0 Å². The fraction of sp³-hybridized carbons (Fsp3) is 0.0606. The van der Waals surface area contributed by atoms with Gasteiger partial charge in [0.15, 0.2) is 0 Å². The van der Waals surface area contributed by atoms with Crippen LogP contribution in [0.5, 0.6) is 0 Å². The summed E-state index contributed by atoms with van der Waals surface area (Å²) in [6.07, 6.45) is 3.58. The SMILES string of the molecule is Cc1cc2c(ccc3c4cc[c-]c(-c5ccccn5)c4oc23)c(C)n1.[Ir].[c-]1ccccc1-c1ccccn1. The van der Waals surface area contributed by atoms with Gasteiger partial charge in [-0.15, -0.1) is 54.1 Å². The number of aryl methyl sites for hydroxylation is 2. The van der Waals surface area contributed by atoms with Crippen LogP contribution in [0.4, 0.5) is 0 Å². The Hall–Kier alpha value is -4.18. The normalized spacial score (nSPS) is 10.7. The quantitative estimate of drug-likeness (QED) is 0.174. The number of furan rings is 1. The maximum Gasteiger partial charge on any atom is 0.128 e. The monoisotopic (exact) mass is 670 g/mol. The van der Waals surface area contributed by atoms with Gasteiger partial charge in [-0.05, 0) is 43.4 Å². The topological polar surface area (TPSA) is 51.8 Å². The van der Waals surface area contributed by atoms with Gasteiger partial charge in [0, 0.05) is 60.0 Å². The third-order valence-corrected chi connectivity index (χ3v) is 6.30. The second-order valence-electron chi connectivity index (χ2n) is 8.79. The van der Waals surface area contributed by atoms with E-state index >= 15 is 0 Å². The fourth-order valence-electron chi connectivity index (χ4n) is 4.63. The first-order valence-corrected chi connectivity index (χ1v) is 12.1. The van der Waals surface area contributed by atoms with Gasteiger partial charge in [-0.25, -0.2) is 0 Å². The summed E-state index contributed by atoms with van der Waals surface area (Å²) < 4.78 is 6.36. The van der Waals surface area contributed by atoms with Crippen LogP contribution < -0.4 is 0 Å². The van der Waals surface area contributed by atoms with Gasteiger partial charge < -0.3 is 14.4 Å². The van der Waals surface area contributed by atoms with Gasteiger partial charge in [-0.3, -0.25) is 4.98 Å². The average molecular weight is 670 g/mol. The first kappa shape index (κ1) is 25.5. The molecule has 38 heavy (non-hydrogen) atoms. The Labute approximate surface area is 234 Å². The van der Waals surface area contributed by atoms with Crippen LogP contribution in [-0.2, 0) is 20.1 Å². The van der Waals surface area contributed by atoms with E-state index in [1.807, 2.05) is 80.6 Å². The molecule has 0 aliphatic rings. The maximum atomic E-state index is 6.36. The van der Waals surface area contributed by atoms with E-state index in [4.69, 9.17) is 4.42 Å². The van der Waals surface area contributed by atoms with Crippen LogP contribution in [0.1, 0.15) is 11.4 Å². The molecule has 0 saturated heterocycles. The molecule has 0 saturated carbocycles. The second kappa shape index (κ2) is 11.1. The van der Waals surface area contributed by atoms with E-state index in [1.54, 1.807) is 12.4 Å². The molecule has 0 bridgehead atoms. The zero-order valence-corrected chi connectivity index (χ0v) is 23.3. The van der Waals surface area contributed by atoms with Crippen LogP contribution in [0.3, 0.4) is 0 Å². The molecule has 5 heteroatoms. The first-order chi connectivity index (χ1) is 18.2. The van der Waals surface area contributed by atoms with Crippen molar-refractivity contribution in [2.45, 2.75) is 13.8 Å². The molecule has 7 rings (SSSR count). The Morgan fingerprint density at radius 1 is 0.632 bits per heavy atom. The van der Waals surface area contributed by atoms with E-state index < -0.39 is 0 Å². The molecule has 0 atom stereocenters. The number of benzene rings is 3. The molecule has 0 unspecified atom stereocenters. The van der Waals surface area contributed by atoms with Gasteiger partial charge in [0.2, 0.25) is 0 Å². The van der Waals surface area contributed by atoms with Crippen molar-refractivity contribution < 1.29 is 24.5 Å². The van der Waals surface area contributed by atoms with Gasteiger partial charge in [-0.1, -0.05) is 47.3 Å². The Bertz CT molecular complexity index is 1800. The largest absolute Gasteiger partial charge is 0.500 e. The molecule has 3 aromatic carbocycles. The Morgan fingerprint density at radius 2 is 1.34 bits per heavy atom. The molecule has 0 aliphatic carbocycles. The smallest absolute Gasteiger partial charge is 0.128 e. The average Bonchev–Trinajstić information content (AvgIpc) is 3.34. The number of aromatic nitrogens is 3. The molecular weight excluding hydrogens is 647 g/mol. The Morgan fingerprint density at radius 3 is 2.05 bits per heavy atom. The van der Waals surface area contributed by atoms with Crippen molar-refractivity contribution >= 4 is 32.7 Å². The summed E-state index contributed by atoms with van der Waals surface area (Å²) in [7, 11) is 0. The molecule has 187 valence electrons. The molecular formula is C33H23IrN3O-2. The van der Waals surface area contributed by atoms with Gasteiger partial charge in [0.1, 0.15) is 5.58 Å². The van der Waals surface area contributed by atoms with Gasteiger partial charge in [0.05, 0.1) is 5.58 Å². The molecule has 4 nitrogen and oxygen atoms in total. The van der Waals surface area contributed by atoms with Crippen molar-refractivity contribution in [2.75, 3.05) is 0 Å². The van der Waals surface area contributed by atoms with Crippen LogP contribution in [0.2, 0.25) is 0 Å². The van der Waals surface area contributed by atoms with E-state index in [2.05, 4.69) is 51.4 Å². The van der Waals surface area contributed by atoms with Gasteiger partial charge in [-0.2, -0.15) is 0 Å². The Balaban J connectivity index is 0.000000191. The molecule has 0 N–H and O–H groups in total. The van der Waals surface area contributed by atoms with Crippen molar-refractivity contribution in [2.24, 2.45) is 0 Å². The zero-order chi connectivity index (χ0) is 25.2. The molecule has 0 fully saturated rings. The van der Waals surface area contributed by atoms with E-state index in [0.29, 0.717) is 0 Å². The number of nitrogens with zero attached hydrogens (tertiary/aromatic N) is 3. The fourth-order valence-corrected chi connectivity index (χ4v) is 4.63. The summed E-state index contributed by atoms with van der Waals surface area (Å²) in [5, 5.41) is 4.42. The van der Waals surface area contributed by atoms with Gasteiger partial charge in [0.25, 0.3) is 0 Å². The number of hydrogen-bond donors (Lipinski definition) is 0. The summed E-state index contributed by atoms with van der Waals surface area (Å²) in [6.45, 7) is 4.05. The minimum Gasteiger partial charge on any atom is -0.500 e.